The summed E-state index contributed by atoms with van der Waals surface area (Å²) >= 11 is 7.80. The minimum absolute atomic E-state index is 0.00384. The van der Waals surface area contributed by atoms with Gasteiger partial charge in [-0.1, -0.05) is 18.2 Å². The molecule has 180 valence electrons. The molecule has 4 rings (SSSR count). The summed E-state index contributed by atoms with van der Waals surface area (Å²) in [6.45, 7) is 0.214. The van der Waals surface area contributed by atoms with Crippen molar-refractivity contribution in [3.8, 4) is 11.8 Å². The molecule has 0 bridgehead atoms. The normalized spacial score (nSPS) is 14.2. The number of halogens is 2. The predicted octanol–water partition coefficient (Wildman–Crippen LogP) is 6.81. The molecule has 0 atom stereocenters. The Labute approximate surface area is 227 Å². The molecule has 1 heterocycles. The van der Waals surface area contributed by atoms with Crippen LogP contribution in [0.5, 0.6) is 5.75 Å². The van der Waals surface area contributed by atoms with Crippen LogP contribution in [-0.4, -0.2) is 21.0 Å². The van der Waals surface area contributed by atoms with Crippen molar-refractivity contribution >= 4 is 66.5 Å². The van der Waals surface area contributed by atoms with Gasteiger partial charge >= 0.3 is 0 Å². The lowest BCUT2D eigenvalue weighted by Crippen LogP contribution is -2.27. The second-order valence-electron chi connectivity index (χ2n) is 7.56. The highest BCUT2D eigenvalue weighted by molar-refractivity contribution is 9.11. The third-order valence-electron chi connectivity index (χ3n) is 5.19. The van der Waals surface area contributed by atoms with E-state index in [0.717, 1.165) is 22.2 Å². The molecule has 0 N–H and O–H groups in total. The fraction of sp³-hybridized carbons (Fsp3) is 0.0800. The van der Waals surface area contributed by atoms with Crippen LogP contribution in [0, 0.1) is 21.4 Å². The van der Waals surface area contributed by atoms with E-state index in [2.05, 4.69) is 37.9 Å². The molecule has 1 saturated heterocycles. The number of ether oxygens (including phenoxy) is 1. The molecular formula is C25H15Br2N3O5S. The molecule has 1 aliphatic rings. The van der Waals surface area contributed by atoms with Crippen molar-refractivity contribution in [2.75, 3.05) is 0 Å². The number of benzene rings is 3. The van der Waals surface area contributed by atoms with Crippen LogP contribution in [0.25, 0.3) is 6.08 Å². The SMILES string of the molecule is N#Cc1ccccc1CN1C(=O)S/C(=C/c2cc(Br)c(OCc3ccc([N+](=O)[O-])cc3)c(Br)c2)C1=O. The zero-order valence-electron chi connectivity index (χ0n) is 18.3. The first-order chi connectivity index (χ1) is 17.3. The number of nitriles is 1. The van der Waals surface area contributed by atoms with Gasteiger partial charge in [-0.25, -0.2) is 0 Å². The number of thioether (sulfide) groups is 1. The van der Waals surface area contributed by atoms with Crippen molar-refractivity contribution in [3.63, 3.8) is 0 Å². The smallest absolute Gasteiger partial charge is 0.293 e. The number of nitro benzene ring substituents is 1. The van der Waals surface area contributed by atoms with Crippen LogP contribution in [-0.2, 0) is 17.9 Å². The zero-order valence-corrected chi connectivity index (χ0v) is 22.3. The molecule has 3 aromatic carbocycles. The van der Waals surface area contributed by atoms with E-state index in [0.29, 0.717) is 31.4 Å². The predicted molar refractivity (Wildman–Crippen MR) is 142 cm³/mol. The lowest BCUT2D eigenvalue weighted by molar-refractivity contribution is -0.384. The average molecular weight is 629 g/mol. The molecular weight excluding hydrogens is 614 g/mol. The first-order valence-corrected chi connectivity index (χ1v) is 12.8. The maximum absolute atomic E-state index is 12.9. The van der Waals surface area contributed by atoms with Gasteiger partial charge in [0.1, 0.15) is 12.4 Å². The molecule has 3 aromatic rings. The Bertz CT molecular complexity index is 1430. The maximum Gasteiger partial charge on any atom is 0.293 e. The highest BCUT2D eigenvalue weighted by atomic mass is 79.9. The minimum atomic E-state index is -0.462. The maximum atomic E-state index is 12.9. The van der Waals surface area contributed by atoms with Crippen molar-refractivity contribution in [2.24, 2.45) is 0 Å². The molecule has 0 saturated carbocycles. The van der Waals surface area contributed by atoms with Crippen molar-refractivity contribution in [2.45, 2.75) is 13.2 Å². The first-order valence-electron chi connectivity index (χ1n) is 10.4. The van der Waals surface area contributed by atoms with Crippen molar-refractivity contribution in [3.05, 3.63) is 107 Å². The van der Waals surface area contributed by atoms with Crippen molar-refractivity contribution in [1.82, 2.24) is 4.90 Å². The molecule has 0 unspecified atom stereocenters. The number of nitrogens with zero attached hydrogens (tertiary/aromatic N) is 3. The molecule has 2 amide bonds. The molecule has 36 heavy (non-hydrogen) atoms. The molecule has 0 aromatic heterocycles. The number of hydrogen-bond donors (Lipinski definition) is 0. The Hall–Kier alpha value is -3.46. The first kappa shape index (κ1) is 25.6. The van der Waals surface area contributed by atoms with Gasteiger partial charge in [-0.2, -0.15) is 5.26 Å². The van der Waals surface area contributed by atoms with Crippen molar-refractivity contribution in [1.29, 1.82) is 5.26 Å². The molecule has 11 heteroatoms. The fourth-order valence-electron chi connectivity index (χ4n) is 3.40. The standard InChI is InChI=1S/C25H15Br2N3O5S/c26-20-9-16(10-21(27)23(20)35-14-15-5-7-19(8-6-15)30(33)34)11-22-24(31)29(25(32)36-22)13-18-4-2-1-3-17(18)12-28/h1-11H,13-14H2/b22-11+. The summed E-state index contributed by atoms with van der Waals surface area (Å²) in [5.74, 6) is 0.0928. The fourth-order valence-corrected chi connectivity index (χ4v) is 5.68. The molecule has 8 nitrogen and oxygen atoms in total. The van der Waals surface area contributed by atoms with Crippen LogP contribution >= 0.6 is 43.6 Å². The quantitative estimate of drug-likeness (QED) is 0.160. The molecule has 0 spiro atoms. The largest absolute Gasteiger partial charge is 0.487 e. The molecule has 0 radical (unpaired) electrons. The Morgan fingerprint density at radius 3 is 2.39 bits per heavy atom. The van der Waals surface area contributed by atoms with Gasteiger partial charge in [-0.15, -0.1) is 0 Å². The number of non-ortho nitro benzene ring substituents is 1. The second-order valence-corrected chi connectivity index (χ2v) is 10.3. The number of nitro groups is 1. The molecule has 1 fully saturated rings. The second kappa shape index (κ2) is 11.1. The highest BCUT2D eigenvalue weighted by Crippen LogP contribution is 2.38. The monoisotopic (exact) mass is 627 g/mol. The minimum Gasteiger partial charge on any atom is -0.487 e. The van der Waals surface area contributed by atoms with E-state index in [1.807, 2.05) is 0 Å². The van der Waals surface area contributed by atoms with Gasteiger partial charge in [0.25, 0.3) is 16.8 Å². The van der Waals surface area contributed by atoms with Gasteiger partial charge in [-0.05, 0) is 96.7 Å². The summed E-state index contributed by atoms with van der Waals surface area (Å²) in [5.41, 5.74) is 2.44. The van der Waals surface area contributed by atoms with Gasteiger partial charge in [0, 0.05) is 12.1 Å². The number of rotatable bonds is 7. The van der Waals surface area contributed by atoms with E-state index in [9.17, 15) is 25.0 Å². The van der Waals surface area contributed by atoms with Gasteiger partial charge in [0.05, 0.1) is 37.0 Å². The van der Waals surface area contributed by atoms with Crippen LogP contribution in [0.4, 0.5) is 10.5 Å². The van der Waals surface area contributed by atoms with Gasteiger partial charge < -0.3 is 4.74 Å². The Morgan fingerprint density at radius 1 is 1.08 bits per heavy atom. The zero-order chi connectivity index (χ0) is 25.8. The van der Waals surface area contributed by atoms with Crippen molar-refractivity contribution < 1.29 is 19.2 Å². The molecule has 0 aliphatic carbocycles. The Morgan fingerprint density at radius 2 is 1.75 bits per heavy atom. The number of carbonyl (C=O) groups excluding carboxylic acids is 2. The third-order valence-corrected chi connectivity index (χ3v) is 7.27. The Kier molecular flexibility index (Phi) is 7.88. The van der Waals surface area contributed by atoms with E-state index < -0.39 is 16.1 Å². The number of carbonyl (C=O) groups is 2. The van der Waals surface area contributed by atoms with Gasteiger partial charge in [0.15, 0.2) is 0 Å². The topological polar surface area (TPSA) is 114 Å². The van der Waals surface area contributed by atoms with E-state index in [-0.39, 0.29) is 23.7 Å². The number of imide groups is 1. The Balaban J connectivity index is 1.49. The lowest BCUT2D eigenvalue weighted by Gasteiger charge is -2.13. The summed E-state index contributed by atoms with van der Waals surface area (Å²) in [6.07, 6.45) is 1.62. The highest BCUT2D eigenvalue weighted by Gasteiger charge is 2.35. The van der Waals surface area contributed by atoms with Crippen LogP contribution in [0.1, 0.15) is 22.3 Å². The van der Waals surface area contributed by atoms with Gasteiger partial charge in [0.2, 0.25) is 0 Å². The van der Waals surface area contributed by atoms with Gasteiger partial charge in [-0.3, -0.25) is 24.6 Å². The van der Waals surface area contributed by atoms with Crippen LogP contribution < -0.4 is 4.74 Å². The number of hydrogen-bond acceptors (Lipinski definition) is 7. The summed E-state index contributed by atoms with van der Waals surface area (Å²) < 4.78 is 7.11. The van der Waals surface area contributed by atoms with E-state index in [1.165, 1.54) is 12.1 Å². The van der Waals surface area contributed by atoms with E-state index >= 15 is 0 Å². The number of amides is 2. The van der Waals surface area contributed by atoms with E-state index in [1.54, 1.807) is 54.6 Å². The van der Waals surface area contributed by atoms with Crippen LogP contribution in [0.3, 0.4) is 0 Å². The van der Waals surface area contributed by atoms with Crippen LogP contribution in [0.15, 0.2) is 74.5 Å². The molecule has 1 aliphatic heterocycles. The van der Waals surface area contributed by atoms with Crippen LogP contribution in [0.2, 0.25) is 0 Å². The summed E-state index contributed by atoms with van der Waals surface area (Å²) in [6, 6.07) is 18.5. The summed E-state index contributed by atoms with van der Waals surface area (Å²) in [7, 11) is 0. The summed E-state index contributed by atoms with van der Waals surface area (Å²) in [4.78, 5) is 37.2. The lowest BCUT2D eigenvalue weighted by atomic mass is 10.1. The average Bonchev–Trinajstić information content (AvgIpc) is 3.11. The van der Waals surface area contributed by atoms with E-state index in [4.69, 9.17) is 4.74 Å². The summed E-state index contributed by atoms with van der Waals surface area (Å²) in [5, 5.41) is 19.7. The third kappa shape index (κ3) is 5.67.